The lowest BCUT2D eigenvalue weighted by Crippen LogP contribution is -2.57. The fraction of sp³-hybridized carbons (Fsp3) is 0.929. The summed E-state index contributed by atoms with van der Waals surface area (Å²) in [7, 11) is 2.20. The van der Waals surface area contributed by atoms with E-state index in [9.17, 15) is 0 Å². The van der Waals surface area contributed by atoms with Gasteiger partial charge in [-0.05, 0) is 40.3 Å². The molecule has 4 heteroatoms. The zero-order chi connectivity index (χ0) is 14.0. The third kappa shape index (κ3) is 3.95. The molecule has 106 valence electrons. The van der Waals surface area contributed by atoms with Crippen LogP contribution in [-0.2, 0) is 0 Å². The van der Waals surface area contributed by atoms with Gasteiger partial charge in [-0.3, -0.25) is 10.3 Å². The second-order valence-corrected chi connectivity index (χ2v) is 6.91. The average Bonchev–Trinajstić information content (AvgIpc) is 2.22. The minimum absolute atomic E-state index is 0.151. The van der Waals surface area contributed by atoms with Gasteiger partial charge < -0.3 is 10.6 Å². The van der Waals surface area contributed by atoms with Crippen LogP contribution in [0.4, 0.5) is 0 Å². The van der Waals surface area contributed by atoms with E-state index in [0.717, 1.165) is 39.0 Å². The number of nitrogens with one attached hydrogen (secondary N) is 1. The number of rotatable bonds is 5. The van der Waals surface area contributed by atoms with E-state index in [1.807, 2.05) is 0 Å². The molecule has 1 rings (SSSR count). The Balaban J connectivity index is 2.35. The molecule has 0 unspecified atom stereocenters. The Hall–Kier alpha value is -0.610. The maximum atomic E-state index is 7.57. The summed E-state index contributed by atoms with van der Waals surface area (Å²) < 4.78 is 0. The number of hydrogen-bond acceptors (Lipinski definition) is 3. The Morgan fingerprint density at radius 2 is 1.94 bits per heavy atom. The summed E-state index contributed by atoms with van der Waals surface area (Å²) in [6, 6.07) is 0. The smallest absolute Gasteiger partial charge is 0.0963 e. The van der Waals surface area contributed by atoms with Gasteiger partial charge in [0.1, 0.15) is 0 Å². The van der Waals surface area contributed by atoms with Crippen LogP contribution in [0.15, 0.2) is 0 Å². The predicted octanol–water partition coefficient (Wildman–Crippen LogP) is 1.75. The lowest BCUT2D eigenvalue weighted by Gasteiger charge is -2.45. The fourth-order valence-corrected chi connectivity index (χ4v) is 2.41. The van der Waals surface area contributed by atoms with E-state index in [2.05, 4.69) is 44.5 Å². The molecule has 0 aliphatic carbocycles. The highest BCUT2D eigenvalue weighted by Crippen LogP contribution is 2.23. The first kappa shape index (κ1) is 15.4. The van der Waals surface area contributed by atoms with E-state index >= 15 is 0 Å². The molecular weight excluding hydrogens is 224 g/mol. The molecule has 0 radical (unpaired) electrons. The van der Waals surface area contributed by atoms with Crippen LogP contribution in [0.5, 0.6) is 0 Å². The van der Waals surface area contributed by atoms with Crippen molar-refractivity contribution in [2.24, 2.45) is 11.1 Å². The summed E-state index contributed by atoms with van der Waals surface area (Å²) in [5.41, 5.74) is 5.74. The maximum absolute atomic E-state index is 7.57. The SMILES string of the molecule is CN1CCN(CCCC(C)(C)C(=N)N)CC1(C)C. The Morgan fingerprint density at radius 3 is 2.44 bits per heavy atom. The van der Waals surface area contributed by atoms with Gasteiger partial charge >= 0.3 is 0 Å². The Labute approximate surface area is 112 Å². The monoisotopic (exact) mass is 254 g/mol. The quantitative estimate of drug-likeness (QED) is 0.580. The highest BCUT2D eigenvalue weighted by Gasteiger charge is 2.31. The van der Waals surface area contributed by atoms with Gasteiger partial charge in [0.05, 0.1) is 5.84 Å². The van der Waals surface area contributed by atoms with Crippen molar-refractivity contribution in [3.63, 3.8) is 0 Å². The van der Waals surface area contributed by atoms with Crippen molar-refractivity contribution in [2.75, 3.05) is 33.2 Å². The van der Waals surface area contributed by atoms with Crippen LogP contribution in [-0.4, -0.2) is 54.4 Å². The first-order valence-corrected chi connectivity index (χ1v) is 6.93. The third-order valence-electron chi connectivity index (χ3n) is 4.40. The van der Waals surface area contributed by atoms with E-state index in [-0.39, 0.29) is 11.0 Å². The van der Waals surface area contributed by atoms with Gasteiger partial charge in [-0.1, -0.05) is 13.8 Å². The molecule has 0 amide bonds. The van der Waals surface area contributed by atoms with Crippen LogP contribution in [0.3, 0.4) is 0 Å². The van der Waals surface area contributed by atoms with Gasteiger partial charge in [0.25, 0.3) is 0 Å². The predicted molar refractivity (Wildman–Crippen MR) is 78.1 cm³/mol. The van der Waals surface area contributed by atoms with E-state index in [4.69, 9.17) is 11.1 Å². The van der Waals surface area contributed by atoms with Crippen molar-refractivity contribution in [2.45, 2.75) is 46.1 Å². The van der Waals surface area contributed by atoms with Crippen LogP contribution in [0.2, 0.25) is 0 Å². The largest absolute Gasteiger partial charge is 0.387 e. The summed E-state index contributed by atoms with van der Waals surface area (Å²) in [6.07, 6.45) is 2.11. The average molecular weight is 254 g/mol. The number of nitrogens with zero attached hydrogens (tertiary/aromatic N) is 2. The van der Waals surface area contributed by atoms with Crippen LogP contribution in [0.1, 0.15) is 40.5 Å². The Kier molecular flexibility index (Phi) is 4.78. The molecule has 0 bridgehead atoms. The van der Waals surface area contributed by atoms with Gasteiger partial charge in [-0.25, -0.2) is 0 Å². The normalized spacial score (nSPS) is 22.1. The molecular formula is C14H30N4. The standard InChI is InChI=1S/C14H30N4/c1-13(2,12(15)16)7-6-8-18-10-9-17(5)14(3,4)11-18/h6-11H2,1-5H3,(H3,15,16). The molecule has 1 fully saturated rings. The van der Waals surface area contributed by atoms with Crippen molar-refractivity contribution in [3.05, 3.63) is 0 Å². The first-order chi connectivity index (χ1) is 8.15. The Morgan fingerprint density at radius 1 is 1.33 bits per heavy atom. The van der Waals surface area contributed by atoms with Crippen LogP contribution in [0.25, 0.3) is 0 Å². The van der Waals surface area contributed by atoms with Gasteiger partial charge in [0.15, 0.2) is 0 Å². The molecule has 0 aromatic heterocycles. The second kappa shape index (κ2) is 5.57. The fourth-order valence-electron chi connectivity index (χ4n) is 2.41. The summed E-state index contributed by atoms with van der Waals surface area (Å²) in [5.74, 6) is 0.307. The topological polar surface area (TPSA) is 56.4 Å². The molecule has 0 saturated carbocycles. The van der Waals surface area contributed by atoms with Gasteiger partial charge in [-0.2, -0.15) is 0 Å². The number of likely N-dealkylation sites (N-methyl/N-ethyl adjacent to an activating group) is 1. The number of piperazine rings is 1. The summed E-state index contributed by atoms with van der Waals surface area (Å²) in [5, 5.41) is 7.57. The van der Waals surface area contributed by atoms with Gasteiger partial charge in [0, 0.05) is 30.6 Å². The van der Waals surface area contributed by atoms with Crippen molar-refractivity contribution < 1.29 is 0 Å². The molecule has 1 saturated heterocycles. The lowest BCUT2D eigenvalue weighted by molar-refractivity contribution is 0.0386. The molecule has 0 aromatic carbocycles. The maximum Gasteiger partial charge on any atom is 0.0963 e. The van der Waals surface area contributed by atoms with Crippen LogP contribution in [0, 0.1) is 10.8 Å². The van der Waals surface area contributed by atoms with E-state index < -0.39 is 0 Å². The molecule has 3 N–H and O–H groups in total. The number of hydrogen-bond donors (Lipinski definition) is 2. The van der Waals surface area contributed by atoms with Crippen molar-refractivity contribution in [1.29, 1.82) is 5.41 Å². The number of amidine groups is 1. The minimum atomic E-state index is -0.151. The lowest BCUT2D eigenvalue weighted by atomic mass is 9.86. The van der Waals surface area contributed by atoms with E-state index in [0.29, 0.717) is 5.84 Å². The summed E-state index contributed by atoms with van der Waals surface area (Å²) in [6.45, 7) is 13.3. The van der Waals surface area contributed by atoms with E-state index in [1.54, 1.807) is 0 Å². The third-order valence-corrected chi connectivity index (χ3v) is 4.40. The summed E-state index contributed by atoms with van der Waals surface area (Å²) >= 11 is 0. The van der Waals surface area contributed by atoms with Crippen molar-refractivity contribution in [3.8, 4) is 0 Å². The molecule has 1 aliphatic heterocycles. The highest BCUT2D eigenvalue weighted by molar-refractivity contribution is 5.82. The van der Waals surface area contributed by atoms with Crippen LogP contribution >= 0.6 is 0 Å². The molecule has 4 nitrogen and oxygen atoms in total. The Bertz CT molecular complexity index is 296. The zero-order valence-electron chi connectivity index (χ0n) is 12.7. The molecule has 1 heterocycles. The molecule has 0 atom stereocenters. The van der Waals surface area contributed by atoms with Crippen molar-refractivity contribution in [1.82, 2.24) is 9.80 Å². The minimum Gasteiger partial charge on any atom is -0.387 e. The van der Waals surface area contributed by atoms with Gasteiger partial charge in [-0.15, -0.1) is 0 Å². The molecule has 0 spiro atoms. The zero-order valence-corrected chi connectivity index (χ0v) is 12.7. The first-order valence-electron chi connectivity index (χ1n) is 6.93. The van der Waals surface area contributed by atoms with E-state index in [1.165, 1.54) is 0 Å². The molecule has 0 aromatic rings. The number of nitrogens with two attached hydrogens (primary N) is 1. The van der Waals surface area contributed by atoms with Crippen molar-refractivity contribution >= 4 is 5.84 Å². The molecule has 1 aliphatic rings. The molecule has 18 heavy (non-hydrogen) atoms. The highest BCUT2D eigenvalue weighted by atomic mass is 15.3. The van der Waals surface area contributed by atoms with Gasteiger partial charge in [0.2, 0.25) is 0 Å². The summed E-state index contributed by atoms with van der Waals surface area (Å²) in [4.78, 5) is 4.97. The van der Waals surface area contributed by atoms with Crippen LogP contribution < -0.4 is 5.73 Å². The second-order valence-electron chi connectivity index (χ2n) is 6.91.